The number of anilines is 1. The Labute approximate surface area is 233 Å². The molecule has 1 fully saturated rings. The van der Waals surface area contributed by atoms with E-state index in [1.54, 1.807) is 56.4 Å². The van der Waals surface area contributed by atoms with Crippen LogP contribution in [-0.2, 0) is 17.8 Å². The zero-order valence-corrected chi connectivity index (χ0v) is 23.0. The summed E-state index contributed by atoms with van der Waals surface area (Å²) in [6.45, 7) is 5.63. The fourth-order valence-electron chi connectivity index (χ4n) is 4.85. The number of imide groups is 1. The van der Waals surface area contributed by atoms with Crippen LogP contribution in [0.25, 0.3) is 10.9 Å². The number of methoxy groups -OCH3 is 1. The van der Waals surface area contributed by atoms with Gasteiger partial charge in [0.15, 0.2) is 11.5 Å². The van der Waals surface area contributed by atoms with Crippen molar-refractivity contribution in [3.63, 3.8) is 0 Å². The van der Waals surface area contributed by atoms with E-state index in [1.165, 1.54) is 10.5 Å². The Bertz CT molecular complexity index is 1500. The molecule has 0 saturated carbocycles. The van der Waals surface area contributed by atoms with Gasteiger partial charge in [-0.25, -0.2) is 9.69 Å². The molecule has 0 atom stereocenters. The van der Waals surface area contributed by atoms with Crippen LogP contribution in [0.1, 0.15) is 25.0 Å². The van der Waals surface area contributed by atoms with Crippen LogP contribution >= 0.6 is 0 Å². The molecule has 1 N–H and O–H groups in total. The minimum absolute atomic E-state index is 0.279. The monoisotopic (exact) mass is 539 g/mol. The van der Waals surface area contributed by atoms with Crippen LogP contribution in [0.4, 0.5) is 10.5 Å². The molecule has 40 heavy (non-hydrogen) atoms. The number of aromatic nitrogens is 2. The number of ether oxygens (including phenoxy) is 2. The molecule has 9 nitrogen and oxygen atoms in total. The van der Waals surface area contributed by atoms with Crippen molar-refractivity contribution in [2.75, 3.05) is 31.7 Å². The van der Waals surface area contributed by atoms with E-state index in [9.17, 15) is 9.59 Å². The molecule has 1 saturated heterocycles. The van der Waals surface area contributed by atoms with E-state index in [0.717, 1.165) is 29.4 Å². The summed E-state index contributed by atoms with van der Waals surface area (Å²) in [7, 11) is 1.56. The molecular formula is C31H33N5O4. The first-order valence-corrected chi connectivity index (χ1v) is 13.3. The average molecular weight is 540 g/mol. The molecule has 0 radical (unpaired) electrons. The smallest absolute Gasteiger partial charge is 0.332 e. The lowest BCUT2D eigenvalue weighted by Gasteiger charge is -2.28. The Balaban J connectivity index is 1.29. The number of rotatable bonds is 11. The predicted octanol–water partition coefficient (Wildman–Crippen LogP) is 4.60. The van der Waals surface area contributed by atoms with E-state index in [-0.39, 0.29) is 18.5 Å². The zero-order valence-electron chi connectivity index (χ0n) is 23.0. The van der Waals surface area contributed by atoms with Crippen LogP contribution in [0.15, 0.2) is 79.3 Å². The van der Waals surface area contributed by atoms with E-state index in [1.807, 2.05) is 48.7 Å². The van der Waals surface area contributed by atoms with Crippen molar-refractivity contribution in [2.45, 2.75) is 32.4 Å². The lowest BCUT2D eigenvalue weighted by atomic mass is 10.0. The molecule has 0 spiro atoms. The highest BCUT2D eigenvalue weighted by molar-refractivity contribution is 6.23. The Morgan fingerprint density at radius 2 is 1.80 bits per heavy atom. The van der Waals surface area contributed by atoms with Gasteiger partial charge in [0.25, 0.3) is 5.91 Å². The van der Waals surface area contributed by atoms with E-state index >= 15 is 0 Å². The number of carbonyl (C=O) groups excluding carboxylic acids is 2. The van der Waals surface area contributed by atoms with Gasteiger partial charge in [0.05, 0.1) is 18.3 Å². The van der Waals surface area contributed by atoms with Gasteiger partial charge >= 0.3 is 6.03 Å². The first kappa shape index (κ1) is 27.1. The predicted molar refractivity (Wildman–Crippen MR) is 154 cm³/mol. The fourth-order valence-corrected chi connectivity index (χ4v) is 4.85. The van der Waals surface area contributed by atoms with Crippen molar-refractivity contribution >= 4 is 28.5 Å². The summed E-state index contributed by atoms with van der Waals surface area (Å²) in [4.78, 5) is 38.7. The second kappa shape index (κ2) is 11.7. The average Bonchev–Trinajstić information content (AvgIpc) is 3.14. The lowest BCUT2D eigenvalue weighted by Crippen LogP contribution is -2.43. The second-order valence-corrected chi connectivity index (χ2v) is 10.1. The second-order valence-electron chi connectivity index (χ2n) is 10.1. The molecule has 9 heteroatoms. The topological polar surface area (TPSA) is 96.9 Å². The Kier molecular flexibility index (Phi) is 7.93. The minimum Gasteiger partial charge on any atom is -0.493 e. The van der Waals surface area contributed by atoms with Gasteiger partial charge in [-0.2, -0.15) is 0 Å². The molecular weight excluding hydrogens is 506 g/mol. The summed E-state index contributed by atoms with van der Waals surface area (Å²) in [6.07, 6.45) is 6.22. The van der Waals surface area contributed by atoms with Gasteiger partial charge in [-0.3, -0.25) is 14.8 Å². The number of hydrogen-bond donors (Lipinski definition) is 1. The number of fused-ring (bicyclic) bond motifs is 1. The molecule has 0 unspecified atom stereocenters. The highest BCUT2D eigenvalue weighted by Gasteiger charge is 2.52. The third kappa shape index (κ3) is 5.46. The first-order valence-electron chi connectivity index (χ1n) is 13.3. The van der Waals surface area contributed by atoms with Gasteiger partial charge in [-0.05, 0) is 68.3 Å². The van der Waals surface area contributed by atoms with E-state index in [2.05, 4.69) is 15.3 Å². The normalized spacial score (nSPS) is 14.7. The van der Waals surface area contributed by atoms with Crippen LogP contribution in [0.2, 0.25) is 0 Å². The van der Waals surface area contributed by atoms with Crippen LogP contribution in [0, 0.1) is 0 Å². The number of hydrogen-bond acceptors (Lipinski definition) is 7. The molecule has 5 rings (SSSR count). The number of para-hydroxylation sites is 1. The van der Waals surface area contributed by atoms with E-state index < -0.39 is 5.54 Å². The van der Waals surface area contributed by atoms with E-state index in [0.29, 0.717) is 30.3 Å². The number of nitrogens with one attached hydrogen (secondary N) is 1. The molecule has 1 aliphatic rings. The van der Waals surface area contributed by atoms with E-state index in [4.69, 9.17) is 9.47 Å². The molecule has 3 amide bonds. The Morgan fingerprint density at radius 3 is 2.60 bits per heavy atom. The number of benzene rings is 2. The number of carbonyl (C=O) groups is 2. The van der Waals surface area contributed by atoms with Crippen LogP contribution in [-0.4, -0.2) is 59.2 Å². The molecule has 1 aliphatic heterocycles. The quantitative estimate of drug-likeness (QED) is 0.220. The third-order valence-electron chi connectivity index (χ3n) is 7.15. The summed E-state index contributed by atoms with van der Waals surface area (Å²) in [5.41, 5.74) is 2.33. The van der Waals surface area contributed by atoms with Crippen LogP contribution in [0.5, 0.6) is 11.5 Å². The number of urea groups is 1. The molecule has 0 bridgehead atoms. The third-order valence-corrected chi connectivity index (χ3v) is 7.15. The molecule has 2 aromatic heterocycles. The maximum Gasteiger partial charge on any atom is 0.332 e. The van der Waals surface area contributed by atoms with Crippen LogP contribution in [0.3, 0.4) is 0 Å². The van der Waals surface area contributed by atoms with Crippen molar-refractivity contribution in [3.05, 3.63) is 90.4 Å². The number of pyridine rings is 2. The summed E-state index contributed by atoms with van der Waals surface area (Å²) >= 11 is 0. The molecule has 4 aromatic rings. The van der Waals surface area contributed by atoms with Crippen molar-refractivity contribution in [3.8, 4) is 11.5 Å². The lowest BCUT2D eigenvalue weighted by molar-refractivity contribution is -0.123. The highest BCUT2D eigenvalue weighted by Crippen LogP contribution is 2.38. The van der Waals surface area contributed by atoms with Crippen molar-refractivity contribution in [1.29, 1.82) is 0 Å². The number of nitrogens with zero attached hydrogens (tertiary/aromatic N) is 4. The van der Waals surface area contributed by atoms with Crippen LogP contribution < -0.4 is 19.7 Å². The van der Waals surface area contributed by atoms with Crippen molar-refractivity contribution < 1.29 is 19.1 Å². The zero-order chi connectivity index (χ0) is 28.1. The first-order chi connectivity index (χ1) is 19.4. The SMILES string of the molecule is COc1ccc(N2C(=O)N(Cc3ccnc4ccccc34)C(C)(C)C2=O)cc1OCCNCCc1cccnc1. The van der Waals surface area contributed by atoms with Gasteiger partial charge < -0.3 is 19.7 Å². The van der Waals surface area contributed by atoms with Crippen molar-refractivity contribution in [2.24, 2.45) is 0 Å². The molecule has 206 valence electrons. The van der Waals surface area contributed by atoms with Gasteiger partial charge in [-0.1, -0.05) is 24.3 Å². The summed E-state index contributed by atoms with van der Waals surface area (Å²) in [5.74, 6) is 0.688. The van der Waals surface area contributed by atoms with Gasteiger partial charge in [-0.15, -0.1) is 0 Å². The molecule has 3 heterocycles. The Morgan fingerprint density at radius 1 is 0.950 bits per heavy atom. The van der Waals surface area contributed by atoms with Gasteiger partial charge in [0.2, 0.25) is 0 Å². The Hall–Kier alpha value is -4.50. The molecule has 0 aliphatic carbocycles. The van der Waals surface area contributed by atoms with Gasteiger partial charge in [0, 0.05) is 43.1 Å². The molecule has 2 aromatic carbocycles. The van der Waals surface area contributed by atoms with Crippen molar-refractivity contribution in [1.82, 2.24) is 20.2 Å². The maximum absolute atomic E-state index is 13.7. The largest absolute Gasteiger partial charge is 0.493 e. The standard InChI is InChI=1S/C31H33N5O4/c1-31(2)29(37)36(30(38)35(31)21-23-13-16-34-26-9-5-4-8-25(23)26)24-10-11-27(39-3)28(19-24)40-18-17-32-15-12-22-7-6-14-33-20-22/h4-11,13-14,16,19-20,32H,12,15,17-18,21H2,1-3H3. The number of amides is 3. The minimum atomic E-state index is -1.04. The summed E-state index contributed by atoms with van der Waals surface area (Å²) in [5, 5.41) is 4.31. The summed E-state index contributed by atoms with van der Waals surface area (Å²) in [6, 6.07) is 18.4. The summed E-state index contributed by atoms with van der Waals surface area (Å²) < 4.78 is 11.5. The fraction of sp³-hybridized carbons (Fsp3) is 0.290. The highest BCUT2D eigenvalue weighted by atomic mass is 16.5. The van der Waals surface area contributed by atoms with Gasteiger partial charge in [0.1, 0.15) is 12.1 Å². The maximum atomic E-state index is 13.7.